The lowest BCUT2D eigenvalue weighted by Gasteiger charge is -2.35. The number of nitrogens with one attached hydrogen (secondary N) is 2. The van der Waals surface area contributed by atoms with E-state index in [4.69, 9.17) is 4.74 Å². The van der Waals surface area contributed by atoms with E-state index in [2.05, 4.69) is 20.6 Å². The SMILES string of the molecule is CNc1cc(NC2CC(OC)C2)nc(-c2ccccc2)n1. The molecule has 1 aliphatic rings. The van der Waals surface area contributed by atoms with E-state index in [0.717, 1.165) is 35.9 Å². The highest BCUT2D eigenvalue weighted by Gasteiger charge is 2.29. The van der Waals surface area contributed by atoms with Crippen LogP contribution in [0.5, 0.6) is 0 Å². The predicted octanol–water partition coefficient (Wildman–Crippen LogP) is 2.77. The van der Waals surface area contributed by atoms with Crippen LogP contribution in [0.1, 0.15) is 12.8 Å². The van der Waals surface area contributed by atoms with Gasteiger partial charge in [-0.1, -0.05) is 30.3 Å². The van der Waals surface area contributed by atoms with Gasteiger partial charge in [0.05, 0.1) is 6.10 Å². The van der Waals surface area contributed by atoms with Crippen LogP contribution in [0, 0.1) is 0 Å². The van der Waals surface area contributed by atoms with Gasteiger partial charge in [-0.3, -0.25) is 0 Å². The van der Waals surface area contributed by atoms with E-state index in [-0.39, 0.29) is 0 Å². The Labute approximate surface area is 124 Å². The summed E-state index contributed by atoms with van der Waals surface area (Å²) in [6, 6.07) is 12.4. The van der Waals surface area contributed by atoms with Crippen molar-refractivity contribution in [2.45, 2.75) is 25.0 Å². The summed E-state index contributed by atoms with van der Waals surface area (Å²) in [5.41, 5.74) is 1.01. The Morgan fingerprint density at radius 2 is 1.81 bits per heavy atom. The summed E-state index contributed by atoms with van der Waals surface area (Å²) < 4.78 is 5.31. The zero-order valence-electron chi connectivity index (χ0n) is 12.3. The lowest BCUT2D eigenvalue weighted by molar-refractivity contribution is 0.0328. The molecule has 0 radical (unpaired) electrons. The summed E-state index contributed by atoms with van der Waals surface area (Å²) >= 11 is 0. The molecule has 21 heavy (non-hydrogen) atoms. The Balaban J connectivity index is 1.81. The highest BCUT2D eigenvalue weighted by molar-refractivity contribution is 5.61. The first kappa shape index (κ1) is 13.8. The molecular formula is C16H20N4O. The fraction of sp³-hybridized carbons (Fsp3) is 0.375. The molecule has 1 fully saturated rings. The highest BCUT2D eigenvalue weighted by atomic mass is 16.5. The number of rotatable bonds is 5. The van der Waals surface area contributed by atoms with Gasteiger partial charge in [-0.25, -0.2) is 9.97 Å². The van der Waals surface area contributed by atoms with Gasteiger partial charge in [0.2, 0.25) is 0 Å². The third-order valence-corrected chi connectivity index (χ3v) is 3.79. The van der Waals surface area contributed by atoms with Crippen LogP contribution in [0.3, 0.4) is 0 Å². The van der Waals surface area contributed by atoms with E-state index in [0.29, 0.717) is 12.1 Å². The van der Waals surface area contributed by atoms with Crippen LogP contribution >= 0.6 is 0 Å². The van der Waals surface area contributed by atoms with Crippen LogP contribution in [0.15, 0.2) is 36.4 Å². The summed E-state index contributed by atoms with van der Waals surface area (Å²) in [7, 11) is 3.63. The second kappa shape index (κ2) is 6.10. The molecule has 0 saturated heterocycles. The van der Waals surface area contributed by atoms with E-state index in [1.807, 2.05) is 43.4 Å². The lowest BCUT2D eigenvalue weighted by Crippen LogP contribution is -2.40. The van der Waals surface area contributed by atoms with Crippen LogP contribution in [0.2, 0.25) is 0 Å². The number of ether oxygens (including phenoxy) is 1. The van der Waals surface area contributed by atoms with Crippen molar-refractivity contribution in [2.24, 2.45) is 0 Å². The molecule has 0 amide bonds. The van der Waals surface area contributed by atoms with Crippen molar-refractivity contribution >= 4 is 11.6 Å². The molecule has 2 N–H and O–H groups in total. The maximum Gasteiger partial charge on any atom is 0.163 e. The summed E-state index contributed by atoms with van der Waals surface area (Å²) in [5.74, 6) is 2.40. The van der Waals surface area contributed by atoms with Crippen LogP contribution in [-0.2, 0) is 4.74 Å². The molecule has 1 aromatic carbocycles. The average molecular weight is 284 g/mol. The molecule has 1 aliphatic carbocycles. The Kier molecular flexibility index (Phi) is 4.01. The van der Waals surface area contributed by atoms with Crippen LogP contribution in [0.4, 0.5) is 11.6 Å². The largest absolute Gasteiger partial charge is 0.381 e. The standard InChI is InChI=1S/C16H20N4O/c1-17-14-10-15(18-12-8-13(9-12)21-2)20-16(19-14)11-6-4-3-5-7-11/h3-7,10,12-13H,8-9H2,1-2H3,(H2,17,18,19,20). The number of methoxy groups -OCH3 is 1. The smallest absolute Gasteiger partial charge is 0.163 e. The highest BCUT2D eigenvalue weighted by Crippen LogP contribution is 2.27. The van der Waals surface area contributed by atoms with Crippen molar-refractivity contribution in [3.05, 3.63) is 36.4 Å². The molecule has 2 aromatic rings. The fourth-order valence-corrected chi connectivity index (χ4v) is 2.45. The van der Waals surface area contributed by atoms with Crippen molar-refractivity contribution in [1.82, 2.24) is 9.97 Å². The number of nitrogens with zero attached hydrogens (tertiary/aromatic N) is 2. The Morgan fingerprint density at radius 3 is 2.48 bits per heavy atom. The molecule has 110 valence electrons. The molecule has 1 heterocycles. The van der Waals surface area contributed by atoms with Gasteiger partial charge in [-0.15, -0.1) is 0 Å². The van der Waals surface area contributed by atoms with Crippen molar-refractivity contribution in [1.29, 1.82) is 0 Å². The first-order valence-electron chi connectivity index (χ1n) is 7.20. The minimum atomic E-state index is 0.377. The Bertz CT molecular complexity index is 596. The predicted molar refractivity (Wildman–Crippen MR) is 84.5 cm³/mol. The van der Waals surface area contributed by atoms with Crippen LogP contribution < -0.4 is 10.6 Å². The Morgan fingerprint density at radius 1 is 1.10 bits per heavy atom. The Hall–Kier alpha value is -2.14. The fourth-order valence-electron chi connectivity index (χ4n) is 2.45. The van der Waals surface area contributed by atoms with Crippen molar-refractivity contribution in [3.63, 3.8) is 0 Å². The molecular weight excluding hydrogens is 264 g/mol. The van der Waals surface area contributed by atoms with Crippen molar-refractivity contribution in [3.8, 4) is 11.4 Å². The number of anilines is 2. The van der Waals surface area contributed by atoms with Gasteiger partial charge >= 0.3 is 0 Å². The zero-order valence-corrected chi connectivity index (χ0v) is 12.3. The summed E-state index contributed by atoms with van der Waals surface area (Å²) in [4.78, 5) is 9.14. The van der Waals surface area contributed by atoms with Crippen LogP contribution in [0.25, 0.3) is 11.4 Å². The quantitative estimate of drug-likeness (QED) is 0.884. The molecule has 3 rings (SSSR count). The van der Waals surface area contributed by atoms with Gasteiger partial charge in [0, 0.05) is 31.8 Å². The average Bonchev–Trinajstić information content (AvgIpc) is 2.51. The number of aromatic nitrogens is 2. The third kappa shape index (κ3) is 3.13. The minimum absolute atomic E-state index is 0.377. The molecule has 0 bridgehead atoms. The molecule has 1 aromatic heterocycles. The van der Waals surface area contributed by atoms with E-state index >= 15 is 0 Å². The van der Waals surface area contributed by atoms with Crippen LogP contribution in [-0.4, -0.2) is 36.3 Å². The van der Waals surface area contributed by atoms with Gasteiger partial charge in [0.15, 0.2) is 5.82 Å². The zero-order chi connectivity index (χ0) is 14.7. The normalized spacial score (nSPS) is 20.7. The van der Waals surface area contributed by atoms with Gasteiger partial charge in [0.25, 0.3) is 0 Å². The second-order valence-electron chi connectivity index (χ2n) is 5.25. The van der Waals surface area contributed by atoms with Crippen molar-refractivity contribution in [2.75, 3.05) is 24.8 Å². The lowest BCUT2D eigenvalue weighted by atomic mass is 9.89. The van der Waals surface area contributed by atoms with E-state index in [9.17, 15) is 0 Å². The summed E-state index contributed by atoms with van der Waals surface area (Å²) in [6.07, 6.45) is 2.42. The molecule has 1 saturated carbocycles. The van der Waals surface area contributed by atoms with E-state index in [1.165, 1.54) is 0 Å². The molecule has 5 heteroatoms. The molecule has 0 atom stereocenters. The first-order valence-corrected chi connectivity index (χ1v) is 7.20. The number of benzene rings is 1. The topological polar surface area (TPSA) is 59.1 Å². The first-order chi connectivity index (χ1) is 10.3. The second-order valence-corrected chi connectivity index (χ2v) is 5.25. The van der Waals surface area contributed by atoms with Gasteiger partial charge in [-0.2, -0.15) is 0 Å². The minimum Gasteiger partial charge on any atom is -0.381 e. The maximum atomic E-state index is 5.31. The molecule has 0 unspecified atom stereocenters. The molecule has 5 nitrogen and oxygen atoms in total. The monoisotopic (exact) mass is 284 g/mol. The maximum absolute atomic E-state index is 5.31. The third-order valence-electron chi connectivity index (χ3n) is 3.79. The number of hydrogen-bond acceptors (Lipinski definition) is 5. The molecule has 0 aliphatic heterocycles. The van der Waals surface area contributed by atoms with E-state index in [1.54, 1.807) is 7.11 Å². The molecule has 0 spiro atoms. The van der Waals surface area contributed by atoms with Gasteiger partial charge < -0.3 is 15.4 Å². The van der Waals surface area contributed by atoms with E-state index < -0.39 is 0 Å². The van der Waals surface area contributed by atoms with Crippen molar-refractivity contribution < 1.29 is 4.74 Å². The summed E-state index contributed by atoms with van der Waals surface area (Å²) in [6.45, 7) is 0. The van der Waals surface area contributed by atoms with Gasteiger partial charge in [0.1, 0.15) is 11.6 Å². The number of hydrogen-bond donors (Lipinski definition) is 2. The summed E-state index contributed by atoms with van der Waals surface area (Å²) in [5, 5.41) is 6.55. The van der Waals surface area contributed by atoms with Gasteiger partial charge in [-0.05, 0) is 12.8 Å².